The summed E-state index contributed by atoms with van der Waals surface area (Å²) in [6.07, 6.45) is 0. The molecule has 150 heavy (non-hydrogen) atoms. The van der Waals surface area contributed by atoms with E-state index >= 15 is 0 Å². The molecule has 0 aliphatic rings. The van der Waals surface area contributed by atoms with Gasteiger partial charge in [-0.1, -0.05) is 400 Å². The number of hydrogen-bond donors (Lipinski definition) is 0. The van der Waals surface area contributed by atoms with E-state index in [2.05, 4.69) is 510 Å². The van der Waals surface area contributed by atoms with Crippen LogP contribution in [0, 0.1) is 0 Å². The van der Waals surface area contributed by atoms with E-state index in [-0.39, 0.29) is 0 Å². The van der Waals surface area contributed by atoms with E-state index in [1.165, 1.54) is 158 Å². The molecule has 0 saturated heterocycles. The number of benzene rings is 27. The van der Waals surface area contributed by atoms with Gasteiger partial charge in [-0.15, -0.1) is 0 Å². The van der Waals surface area contributed by atoms with Crippen LogP contribution in [0.4, 0.5) is 0 Å². The van der Waals surface area contributed by atoms with E-state index in [0.717, 1.165) is 170 Å². The molecule has 6 aromatic heterocycles. The summed E-state index contributed by atoms with van der Waals surface area (Å²) in [4.78, 5) is 0. The van der Waals surface area contributed by atoms with Crippen molar-refractivity contribution in [1.82, 2.24) is 0 Å². The van der Waals surface area contributed by atoms with Crippen molar-refractivity contribution in [2.75, 3.05) is 0 Å². The van der Waals surface area contributed by atoms with Gasteiger partial charge >= 0.3 is 0 Å². The van der Waals surface area contributed by atoms with Crippen LogP contribution in [0.15, 0.2) is 536 Å². The van der Waals surface area contributed by atoms with E-state index in [9.17, 15) is 0 Å². The van der Waals surface area contributed by atoms with Crippen LogP contribution in [-0.4, -0.2) is 0 Å². The maximum absolute atomic E-state index is 6.73. The molecule has 0 spiro atoms. The van der Waals surface area contributed by atoms with Gasteiger partial charge in [0, 0.05) is 59.2 Å². The van der Waals surface area contributed by atoms with Gasteiger partial charge in [-0.2, -0.15) is 0 Å². The smallest absolute Gasteiger partial charge is 0.147 e. The highest BCUT2D eigenvalue weighted by Crippen LogP contribution is 2.53. The first-order chi connectivity index (χ1) is 74.4. The zero-order chi connectivity index (χ0) is 98.3. The Balaban J connectivity index is 0.000000101. The molecule has 27 aromatic carbocycles. The van der Waals surface area contributed by atoms with Gasteiger partial charge in [-0.05, 0) is 301 Å². The topological polar surface area (TPSA) is 78.8 Å². The minimum Gasteiger partial charge on any atom is -0.456 e. The quantitative estimate of drug-likeness (QED) is 0.134. The van der Waals surface area contributed by atoms with E-state index < -0.39 is 0 Å². The Labute approximate surface area is 858 Å². The second-order valence-electron chi connectivity index (χ2n) is 39.6. The van der Waals surface area contributed by atoms with Gasteiger partial charge in [0.1, 0.15) is 67.0 Å². The highest BCUT2D eigenvalue weighted by Gasteiger charge is 2.27. The molecular weight excluding hydrogens is 1830 g/mol. The summed E-state index contributed by atoms with van der Waals surface area (Å²) >= 11 is 0. The van der Waals surface area contributed by atoms with Crippen LogP contribution in [0.5, 0.6) is 0 Å². The molecule has 0 radical (unpaired) electrons. The van der Waals surface area contributed by atoms with Crippen molar-refractivity contribution in [2.45, 2.75) is 0 Å². The standard InChI is InChI=1S/3C48H28O2/c1-2-12-30(13-3-1)44-36-17-6-8-19-38(36)45(39-20-9-7-18-37(39)44)33-15-10-14-31(27-33)32-22-23-35-40-25-26-42-46(48(40)50-43(35)28-32)41-24-21-29-11-4-5-16-34(29)47(41)49-42;1-2-12-30(13-3-1)44-35-17-6-8-19-37(35)45(38-20-9-7-18-36(38)44)33-15-10-14-31(27-33)32-21-23-39-43(28-32)49-42-26-24-40-46-34-16-5-4-11-29(34)22-25-41(46)50-48(40)47(39)42;1-2-12-30(13-3-1)46-36-17-6-8-19-38(36)47(39-20-9-7-18-37(39)46)33-15-10-14-31(25-33)32-21-23-35-40-27-45-41(28-44(40)50-43(35)26-32)48-34-16-5-4-11-29(34)22-24-42(48)49-45/h3*1-28H. The van der Waals surface area contributed by atoms with E-state index in [1.54, 1.807) is 0 Å². The normalized spacial score (nSPS) is 12.0. The second kappa shape index (κ2) is 33.9. The van der Waals surface area contributed by atoms with Crippen LogP contribution in [0.3, 0.4) is 0 Å². The largest absolute Gasteiger partial charge is 0.456 e. The molecule has 0 saturated carbocycles. The summed E-state index contributed by atoms with van der Waals surface area (Å²) in [5.41, 5.74) is 32.1. The summed E-state index contributed by atoms with van der Waals surface area (Å²) in [6.45, 7) is 0. The van der Waals surface area contributed by atoms with Crippen molar-refractivity contribution in [3.8, 4) is 100 Å². The Hall–Kier alpha value is -19.9. The van der Waals surface area contributed by atoms with Gasteiger partial charge < -0.3 is 26.5 Å². The van der Waals surface area contributed by atoms with Crippen LogP contribution < -0.4 is 0 Å². The van der Waals surface area contributed by atoms with E-state index in [1.807, 2.05) is 0 Å². The first-order valence-electron chi connectivity index (χ1n) is 51.3. The summed E-state index contributed by atoms with van der Waals surface area (Å²) in [6, 6.07) is 183. The molecule has 0 N–H and O–H groups in total. The molecule has 6 nitrogen and oxygen atoms in total. The molecule has 0 unspecified atom stereocenters. The van der Waals surface area contributed by atoms with Crippen LogP contribution in [-0.2, 0) is 0 Å². The maximum atomic E-state index is 6.73. The lowest BCUT2D eigenvalue weighted by Crippen LogP contribution is -1.91. The summed E-state index contributed by atoms with van der Waals surface area (Å²) in [5.74, 6) is 0. The van der Waals surface area contributed by atoms with Gasteiger partial charge in [0.05, 0.1) is 10.8 Å². The van der Waals surface area contributed by atoms with E-state index in [4.69, 9.17) is 26.5 Å². The predicted molar refractivity (Wildman–Crippen MR) is 629 cm³/mol. The van der Waals surface area contributed by atoms with E-state index in [0.29, 0.717) is 0 Å². The SMILES string of the molecule is c1ccc(-c2c3ccccc3c(-c3cccc(-c4ccc5c(c4)oc4c5ccc5oc6c7ccccc7ccc6c54)c3)c3ccccc23)cc1.c1ccc(-c2c3ccccc3c(-c3cccc(-c4ccc5c(c4)oc4cc6c(cc45)oc4ccc5ccccc5c46)c3)c3ccccc23)cc1.c1ccc(-c2c3ccccc3c(-c3cccc(-c4ccc5c(c4)oc4ccc6c(oc7ccc8ccccc8c76)c45)c3)c3ccccc23)cc1. The summed E-state index contributed by atoms with van der Waals surface area (Å²) in [7, 11) is 0. The molecular formula is C144H84O6. The number of hydrogen-bond acceptors (Lipinski definition) is 6. The molecule has 0 amide bonds. The molecule has 33 aromatic rings. The molecule has 0 fully saturated rings. The lowest BCUT2D eigenvalue weighted by Gasteiger charge is -2.18. The van der Waals surface area contributed by atoms with Gasteiger partial charge in [-0.25, -0.2) is 0 Å². The Morgan fingerprint density at radius 2 is 0.327 bits per heavy atom. The van der Waals surface area contributed by atoms with Crippen LogP contribution in [0.2, 0.25) is 0 Å². The minimum atomic E-state index is 0.832. The van der Waals surface area contributed by atoms with Crippen LogP contribution >= 0.6 is 0 Å². The van der Waals surface area contributed by atoms with Crippen molar-refractivity contribution < 1.29 is 26.5 Å². The number of furan rings is 6. The third kappa shape index (κ3) is 13.4. The second-order valence-corrected chi connectivity index (χ2v) is 39.6. The zero-order valence-electron chi connectivity index (χ0n) is 80.9. The summed E-state index contributed by atoms with van der Waals surface area (Å²) in [5, 5.41) is 35.1. The van der Waals surface area contributed by atoms with Crippen molar-refractivity contribution in [2.24, 2.45) is 0 Å². The van der Waals surface area contributed by atoms with Crippen molar-refractivity contribution in [1.29, 1.82) is 0 Å². The molecule has 6 heteroatoms. The zero-order valence-corrected chi connectivity index (χ0v) is 80.9. The maximum Gasteiger partial charge on any atom is 0.147 e. The monoisotopic (exact) mass is 1910 g/mol. The molecule has 6 heterocycles. The van der Waals surface area contributed by atoms with Crippen molar-refractivity contribution in [3.05, 3.63) is 510 Å². The van der Waals surface area contributed by atoms with Crippen LogP contribution in [0.25, 0.3) is 329 Å². The molecule has 33 rings (SSSR count). The Kier molecular flexibility index (Phi) is 19.1. The molecule has 0 bridgehead atoms. The first kappa shape index (κ1) is 84.6. The van der Waals surface area contributed by atoms with Crippen LogP contribution in [0.1, 0.15) is 0 Å². The van der Waals surface area contributed by atoms with Gasteiger partial charge in [-0.3, -0.25) is 0 Å². The van der Waals surface area contributed by atoms with Gasteiger partial charge in [0.2, 0.25) is 0 Å². The average molecular weight is 1910 g/mol. The van der Waals surface area contributed by atoms with Gasteiger partial charge in [0.15, 0.2) is 0 Å². The number of fused-ring (bicyclic) bond motifs is 32. The van der Waals surface area contributed by atoms with Crippen molar-refractivity contribution >= 4 is 229 Å². The fraction of sp³-hybridized carbons (Fsp3) is 0. The molecule has 0 aliphatic carbocycles. The Morgan fingerprint density at radius 1 is 0.0933 bits per heavy atom. The highest BCUT2D eigenvalue weighted by molar-refractivity contribution is 6.31. The average Bonchev–Trinajstić information content (AvgIpc) is 0.914. The third-order valence-corrected chi connectivity index (χ3v) is 31.3. The molecule has 696 valence electrons. The first-order valence-corrected chi connectivity index (χ1v) is 51.3. The highest BCUT2D eigenvalue weighted by atomic mass is 16.4. The summed E-state index contributed by atoms with van der Waals surface area (Å²) < 4.78 is 39.3. The fourth-order valence-electron chi connectivity index (χ4n) is 24.7. The fourth-order valence-corrected chi connectivity index (χ4v) is 24.7. The van der Waals surface area contributed by atoms with Gasteiger partial charge in [0.25, 0.3) is 0 Å². The molecule has 0 atom stereocenters. The predicted octanol–water partition coefficient (Wildman–Crippen LogP) is 41.8. The Morgan fingerprint density at radius 3 is 0.767 bits per heavy atom. The Bertz CT molecular complexity index is 11300. The third-order valence-electron chi connectivity index (χ3n) is 31.3. The lowest BCUT2D eigenvalue weighted by atomic mass is 9.85. The van der Waals surface area contributed by atoms with Crippen molar-refractivity contribution in [3.63, 3.8) is 0 Å². The minimum absolute atomic E-state index is 0.832. The lowest BCUT2D eigenvalue weighted by molar-refractivity contribution is 0.662. The number of rotatable bonds is 9. The molecule has 0 aliphatic heterocycles.